The van der Waals surface area contributed by atoms with E-state index in [-0.39, 0.29) is 17.3 Å². The molecule has 0 aromatic heterocycles. The van der Waals surface area contributed by atoms with Gasteiger partial charge in [-0.05, 0) is 36.8 Å². The highest BCUT2D eigenvalue weighted by atomic mass is 32.2. The number of hydrogen-bond donors (Lipinski definition) is 2. The van der Waals surface area contributed by atoms with Crippen molar-refractivity contribution in [1.29, 1.82) is 0 Å². The minimum Gasteiger partial charge on any atom is -0.497 e. The zero-order valence-corrected chi connectivity index (χ0v) is 17.2. The highest BCUT2D eigenvalue weighted by molar-refractivity contribution is 7.90. The largest absolute Gasteiger partial charge is 0.497 e. The van der Waals surface area contributed by atoms with E-state index in [1.807, 2.05) is 12.1 Å². The van der Waals surface area contributed by atoms with Gasteiger partial charge < -0.3 is 14.8 Å². The molecule has 2 N–H and O–H groups in total. The number of hydrogen-bond acceptors (Lipinski definition) is 7. The number of benzene rings is 2. The maximum Gasteiger partial charge on any atom is 0.331 e. The molecule has 3 rings (SSSR count). The standard InChI is InChI=1S/C20H21N3O6S/c1-13(22-19-16-5-3-4-6-17(16)30(26,27)23-19)20(25)29-12-18(24)21-11-14-7-9-15(28-2)10-8-14/h3-10,13H,11-12H2,1-2H3,(H,21,24)(H,22,23)/t13-/m0/s1. The van der Waals surface area contributed by atoms with Crippen molar-refractivity contribution in [3.8, 4) is 5.75 Å². The average molecular weight is 431 g/mol. The van der Waals surface area contributed by atoms with Crippen LogP contribution in [0.2, 0.25) is 0 Å². The summed E-state index contributed by atoms with van der Waals surface area (Å²) in [6.45, 7) is 1.27. The number of amidine groups is 1. The number of ether oxygens (including phenoxy) is 2. The number of sulfonamides is 1. The number of nitrogens with one attached hydrogen (secondary N) is 2. The molecule has 1 aliphatic heterocycles. The molecule has 0 radical (unpaired) electrons. The van der Waals surface area contributed by atoms with Crippen molar-refractivity contribution < 1.29 is 27.5 Å². The van der Waals surface area contributed by atoms with E-state index < -0.39 is 34.5 Å². The molecule has 158 valence electrons. The molecule has 1 amide bonds. The number of amides is 1. The van der Waals surface area contributed by atoms with Crippen LogP contribution >= 0.6 is 0 Å². The minimum absolute atomic E-state index is 0.0685. The van der Waals surface area contributed by atoms with Crippen LogP contribution in [0.4, 0.5) is 0 Å². The molecule has 10 heteroatoms. The monoisotopic (exact) mass is 431 g/mol. The Morgan fingerprint density at radius 3 is 2.53 bits per heavy atom. The molecule has 1 aliphatic rings. The lowest BCUT2D eigenvalue weighted by Gasteiger charge is -2.10. The van der Waals surface area contributed by atoms with Gasteiger partial charge in [0.05, 0.1) is 12.0 Å². The third-order valence-corrected chi connectivity index (χ3v) is 5.72. The molecule has 0 saturated heterocycles. The van der Waals surface area contributed by atoms with E-state index in [4.69, 9.17) is 9.47 Å². The van der Waals surface area contributed by atoms with Crippen molar-refractivity contribution in [3.63, 3.8) is 0 Å². The number of aliphatic imine (C=N–C) groups is 1. The van der Waals surface area contributed by atoms with Gasteiger partial charge in [-0.25, -0.2) is 13.2 Å². The summed E-state index contributed by atoms with van der Waals surface area (Å²) in [6, 6.07) is 12.5. The van der Waals surface area contributed by atoms with Crippen molar-refractivity contribution in [3.05, 3.63) is 59.7 Å². The van der Waals surface area contributed by atoms with Crippen LogP contribution in [-0.2, 0) is 30.9 Å². The summed E-state index contributed by atoms with van der Waals surface area (Å²) in [5, 5.41) is 2.64. The Bertz CT molecular complexity index is 1080. The van der Waals surface area contributed by atoms with Crippen LogP contribution in [0.3, 0.4) is 0 Å². The van der Waals surface area contributed by atoms with Gasteiger partial charge in [-0.2, -0.15) is 0 Å². The van der Waals surface area contributed by atoms with Gasteiger partial charge in [0.1, 0.15) is 17.6 Å². The number of fused-ring (bicyclic) bond motifs is 1. The molecule has 9 nitrogen and oxygen atoms in total. The molecule has 0 unspecified atom stereocenters. The summed E-state index contributed by atoms with van der Waals surface area (Å²) in [6.07, 6.45) is 0. The molecule has 0 fully saturated rings. The number of methoxy groups -OCH3 is 1. The van der Waals surface area contributed by atoms with E-state index in [1.165, 1.54) is 13.0 Å². The van der Waals surface area contributed by atoms with Crippen LogP contribution in [0, 0.1) is 0 Å². The van der Waals surface area contributed by atoms with Crippen LogP contribution in [0.25, 0.3) is 0 Å². The highest BCUT2D eigenvalue weighted by Gasteiger charge is 2.31. The van der Waals surface area contributed by atoms with Crippen LogP contribution in [0.15, 0.2) is 58.4 Å². The van der Waals surface area contributed by atoms with Crippen LogP contribution < -0.4 is 14.8 Å². The van der Waals surface area contributed by atoms with Crippen molar-refractivity contribution >= 4 is 27.7 Å². The van der Waals surface area contributed by atoms with Gasteiger partial charge in [0.25, 0.3) is 15.9 Å². The third kappa shape index (κ3) is 4.95. The SMILES string of the molecule is COc1ccc(CNC(=O)COC(=O)[C@H](C)N=C2NS(=O)(=O)c3ccccc32)cc1. The van der Waals surface area contributed by atoms with Gasteiger partial charge in [-0.15, -0.1) is 0 Å². The smallest absolute Gasteiger partial charge is 0.331 e. The topological polar surface area (TPSA) is 123 Å². The Morgan fingerprint density at radius 2 is 1.83 bits per heavy atom. The molecule has 0 saturated carbocycles. The Hall–Kier alpha value is -3.40. The second kappa shape index (κ2) is 8.95. The maximum absolute atomic E-state index is 12.2. The summed E-state index contributed by atoms with van der Waals surface area (Å²) >= 11 is 0. The molecule has 2 aromatic carbocycles. The van der Waals surface area contributed by atoms with E-state index in [9.17, 15) is 18.0 Å². The second-order valence-corrected chi connectivity index (χ2v) is 8.14. The molecule has 0 bridgehead atoms. The minimum atomic E-state index is -3.69. The number of nitrogens with zero attached hydrogens (tertiary/aromatic N) is 1. The predicted molar refractivity (Wildman–Crippen MR) is 109 cm³/mol. The van der Waals surface area contributed by atoms with E-state index in [1.54, 1.807) is 37.4 Å². The van der Waals surface area contributed by atoms with Crippen molar-refractivity contribution in [2.75, 3.05) is 13.7 Å². The van der Waals surface area contributed by atoms with Gasteiger partial charge >= 0.3 is 5.97 Å². The summed E-state index contributed by atoms with van der Waals surface area (Å²) in [4.78, 5) is 28.3. The van der Waals surface area contributed by atoms with Crippen molar-refractivity contribution in [2.24, 2.45) is 4.99 Å². The fourth-order valence-electron chi connectivity index (χ4n) is 2.73. The van der Waals surface area contributed by atoms with Gasteiger partial charge in [0.2, 0.25) is 0 Å². The number of esters is 1. The van der Waals surface area contributed by atoms with Crippen LogP contribution in [0.5, 0.6) is 5.75 Å². The van der Waals surface area contributed by atoms with Gasteiger partial charge in [-0.3, -0.25) is 14.5 Å². The number of carbonyl (C=O) groups is 2. The van der Waals surface area contributed by atoms with Gasteiger partial charge in [-0.1, -0.05) is 24.3 Å². The van der Waals surface area contributed by atoms with Crippen molar-refractivity contribution in [2.45, 2.75) is 24.4 Å². The van der Waals surface area contributed by atoms with Crippen LogP contribution in [0.1, 0.15) is 18.1 Å². The lowest BCUT2D eigenvalue weighted by molar-refractivity contribution is -0.149. The first-order valence-electron chi connectivity index (χ1n) is 9.06. The normalized spacial score (nSPS) is 16.3. The molecule has 2 aromatic rings. The van der Waals surface area contributed by atoms with E-state index >= 15 is 0 Å². The maximum atomic E-state index is 12.2. The first kappa shape index (κ1) is 21.3. The first-order valence-corrected chi connectivity index (χ1v) is 10.5. The molecule has 1 heterocycles. The molecular weight excluding hydrogens is 410 g/mol. The lowest BCUT2D eigenvalue weighted by Crippen LogP contribution is -2.31. The highest BCUT2D eigenvalue weighted by Crippen LogP contribution is 2.22. The summed E-state index contributed by atoms with van der Waals surface area (Å²) < 4.78 is 36.5. The molecule has 1 atom stereocenters. The molecule has 0 spiro atoms. The predicted octanol–water partition coefficient (Wildman–Crippen LogP) is 0.982. The lowest BCUT2D eigenvalue weighted by atomic mass is 10.2. The Balaban J connectivity index is 1.52. The molecule has 30 heavy (non-hydrogen) atoms. The Kier molecular flexibility index (Phi) is 6.36. The summed E-state index contributed by atoms with van der Waals surface area (Å²) in [5.41, 5.74) is 1.25. The number of rotatable bonds is 7. The van der Waals surface area contributed by atoms with Gasteiger partial charge in [0.15, 0.2) is 6.61 Å². The van der Waals surface area contributed by atoms with E-state index in [0.29, 0.717) is 11.3 Å². The zero-order chi connectivity index (χ0) is 21.7. The fourth-order valence-corrected chi connectivity index (χ4v) is 3.97. The molecule has 0 aliphatic carbocycles. The third-order valence-electron chi connectivity index (χ3n) is 4.32. The quantitative estimate of drug-likeness (QED) is 0.630. The van der Waals surface area contributed by atoms with Crippen LogP contribution in [-0.4, -0.2) is 45.9 Å². The first-order chi connectivity index (χ1) is 14.3. The fraction of sp³-hybridized carbons (Fsp3) is 0.250. The average Bonchev–Trinajstić information content (AvgIpc) is 3.00. The summed E-state index contributed by atoms with van der Waals surface area (Å²) in [5.74, 6) is -0.433. The number of carbonyl (C=O) groups excluding carboxylic acids is 2. The Morgan fingerprint density at radius 1 is 1.13 bits per heavy atom. The van der Waals surface area contributed by atoms with Crippen molar-refractivity contribution in [1.82, 2.24) is 10.0 Å². The van der Waals surface area contributed by atoms with E-state index in [2.05, 4.69) is 15.0 Å². The van der Waals surface area contributed by atoms with Gasteiger partial charge in [0, 0.05) is 12.1 Å². The second-order valence-electron chi connectivity index (χ2n) is 6.49. The van der Waals surface area contributed by atoms with E-state index in [0.717, 1.165) is 5.56 Å². The molecular formula is C20H21N3O6S. The Labute approximate surface area is 174 Å². The zero-order valence-electron chi connectivity index (χ0n) is 16.4. The summed E-state index contributed by atoms with van der Waals surface area (Å²) in [7, 11) is -2.13.